The fourth-order valence-electron chi connectivity index (χ4n) is 5.03. The molecule has 0 fully saturated rings. The summed E-state index contributed by atoms with van der Waals surface area (Å²) in [4.78, 5) is 7.26. The van der Waals surface area contributed by atoms with Crippen molar-refractivity contribution in [3.8, 4) is 17.3 Å². The normalized spacial score (nSPS) is 11.7. The van der Waals surface area contributed by atoms with Crippen LogP contribution in [0.4, 0.5) is 14.5 Å². The third-order valence-corrected chi connectivity index (χ3v) is 6.84. The molecule has 0 radical (unpaired) electrons. The molecule has 4 nitrogen and oxygen atoms in total. The van der Waals surface area contributed by atoms with Gasteiger partial charge in [0.15, 0.2) is 5.82 Å². The van der Waals surface area contributed by atoms with Gasteiger partial charge in [0.1, 0.15) is 23.1 Å². The number of aromatic nitrogens is 2. The molecule has 176 valence electrons. The fraction of sp³-hybridized carbons (Fsp3) is 0.200. The van der Waals surface area contributed by atoms with E-state index in [-0.39, 0.29) is 16.3 Å². The van der Waals surface area contributed by atoms with Crippen LogP contribution in [0.5, 0.6) is 0 Å². The molecule has 5 rings (SSSR count). The van der Waals surface area contributed by atoms with Crippen molar-refractivity contribution in [3.63, 3.8) is 0 Å². The highest BCUT2D eigenvalue weighted by molar-refractivity contribution is 6.06. The smallest absolute Gasteiger partial charge is 0.232 e. The van der Waals surface area contributed by atoms with Gasteiger partial charge in [0, 0.05) is 5.56 Å². The molecule has 0 spiro atoms. The van der Waals surface area contributed by atoms with Crippen LogP contribution in [0.2, 0.25) is 0 Å². The molecule has 5 aromatic rings. The lowest BCUT2D eigenvalue weighted by atomic mass is 9.80. The van der Waals surface area contributed by atoms with Gasteiger partial charge in [-0.1, -0.05) is 45.0 Å². The number of benzene rings is 4. The van der Waals surface area contributed by atoms with Gasteiger partial charge in [0.05, 0.1) is 19.0 Å². The molecule has 0 bridgehead atoms. The maximum atomic E-state index is 15.7. The van der Waals surface area contributed by atoms with E-state index in [2.05, 4.69) is 54.9 Å². The van der Waals surface area contributed by atoms with E-state index in [1.54, 1.807) is 17.7 Å². The van der Waals surface area contributed by atoms with Crippen molar-refractivity contribution in [2.24, 2.45) is 7.05 Å². The molecular weight excluding hydrogens is 454 g/mol. The van der Waals surface area contributed by atoms with E-state index in [9.17, 15) is 9.65 Å². The van der Waals surface area contributed by atoms with Gasteiger partial charge in [-0.2, -0.15) is 5.26 Å². The van der Waals surface area contributed by atoms with Crippen LogP contribution in [0.1, 0.15) is 37.5 Å². The molecule has 0 aliphatic heterocycles. The molecule has 36 heavy (non-hydrogen) atoms. The second-order valence-electron chi connectivity index (χ2n) is 10.1. The van der Waals surface area contributed by atoms with Gasteiger partial charge >= 0.3 is 0 Å². The van der Waals surface area contributed by atoms with E-state index in [1.807, 2.05) is 25.1 Å². The average molecular weight is 478 g/mol. The van der Waals surface area contributed by atoms with Gasteiger partial charge in [-0.3, -0.25) is 0 Å². The quantitative estimate of drug-likeness (QED) is 0.144. The fourth-order valence-corrected chi connectivity index (χ4v) is 5.03. The number of nitrogens with zero attached hydrogens (tertiary/aromatic N) is 4. The minimum atomic E-state index is -1.18. The van der Waals surface area contributed by atoms with Crippen LogP contribution < -0.4 is 4.57 Å². The summed E-state index contributed by atoms with van der Waals surface area (Å²) in [7, 11) is 1.73. The van der Waals surface area contributed by atoms with Crippen molar-refractivity contribution in [1.29, 1.82) is 5.26 Å². The largest absolute Gasteiger partial charge is 0.287 e. The van der Waals surface area contributed by atoms with Crippen molar-refractivity contribution in [3.05, 3.63) is 88.5 Å². The number of rotatable bonds is 1. The number of hydrogen-bond donors (Lipinski definition) is 0. The van der Waals surface area contributed by atoms with Gasteiger partial charge in [-0.05, 0) is 68.2 Å². The second kappa shape index (κ2) is 8.07. The molecule has 0 atom stereocenters. The SMILES string of the molecule is [C-]#[N+]c1c(F)c(C#N)c2nc[n+](C)c(-c3cc(C(C)(C)C)c4cc5ccccc5cc4c3C)c2c1F. The molecule has 0 unspecified atom stereocenters. The van der Waals surface area contributed by atoms with Crippen molar-refractivity contribution in [2.45, 2.75) is 33.1 Å². The van der Waals surface area contributed by atoms with Gasteiger partial charge < -0.3 is 0 Å². The van der Waals surface area contributed by atoms with E-state index < -0.39 is 22.9 Å². The Balaban J connectivity index is 2.03. The zero-order chi connectivity index (χ0) is 25.9. The highest BCUT2D eigenvalue weighted by Crippen LogP contribution is 2.42. The van der Waals surface area contributed by atoms with Crippen LogP contribution in [-0.2, 0) is 12.5 Å². The molecule has 4 aromatic carbocycles. The Morgan fingerprint density at radius 2 is 1.67 bits per heavy atom. The zero-order valence-electron chi connectivity index (χ0n) is 20.7. The first-order valence-corrected chi connectivity index (χ1v) is 11.5. The summed E-state index contributed by atoms with van der Waals surface area (Å²) >= 11 is 0. The molecule has 0 saturated heterocycles. The highest BCUT2D eigenvalue weighted by Gasteiger charge is 2.31. The number of nitriles is 1. The molecule has 0 saturated carbocycles. The predicted molar refractivity (Wildman–Crippen MR) is 138 cm³/mol. The Hall–Kier alpha value is -4.42. The molecular formula is C30H23F2N4+. The van der Waals surface area contributed by atoms with Crippen LogP contribution in [0.3, 0.4) is 0 Å². The predicted octanol–water partition coefficient (Wildman–Crippen LogP) is 7.34. The molecule has 0 N–H and O–H groups in total. The maximum absolute atomic E-state index is 15.7. The lowest BCUT2D eigenvalue weighted by Gasteiger charge is -2.25. The van der Waals surface area contributed by atoms with Crippen LogP contribution in [-0.4, -0.2) is 4.98 Å². The topological polar surface area (TPSA) is 44.9 Å². The Morgan fingerprint density at radius 1 is 1.03 bits per heavy atom. The summed E-state index contributed by atoms with van der Waals surface area (Å²) in [6.07, 6.45) is 1.45. The van der Waals surface area contributed by atoms with Crippen LogP contribution >= 0.6 is 0 Å². The van der Waals surface area contributed by atoms with Crippen LogP contribution in [0.15, 0.2) is 48.8 Å². The van der Waals surface area contributed by atoms with Gasteiger partial charge in [0.25, 0.3) is 12.0 Å². The molecule has 0 aliphatic rings. The van der Waals surface area contributed by atoms with E-state index in [0.29, 0.717) is 5.69 Å². The van der Waals surface area contributed by atoms with Crippen LogP contribution in [0, 0.1) is 36.5 Å². The average Bonchev–Trinajstić information content (AvgIpc) is 2.84. The molecule has 0 amide bonds. The third-order valence-electron chi connectivity index (χ3n) is 6.84. The number of hydrogen-bond acceptors (Lipinski definition) is 2. The summed E-state index contributed by atoms with van der Waals surface area (Å²) < 4.78 is 32.2. The highest BCUT2D eigenvalue weighted by atomic mass is 19.1. The van der Waals surface area contributed by atoms with Crippen LogP contribution in [0.25, 0.3) is 48.6 Å². The lowest BCUT2D eigenvalue weighted by Crippen LogP contribution is -2.32. The first kappa shape index (κ1) is 23.3. The summed E-state index contributed by atoms with van der Waals surface area (Å²) in [5.41, 5.74) is 1.60. The Labute approximate surface area is 207 Å². The van der Waals surface area contributed by atoms with Gasteiger partial charge in [-0.25, -0.2) is 18.2 Å². The zero-order valence-corrected chi connectivity index (χ0v) is 20.7. The Kier molecular flexibility index (Phi) is 5.23. The minimum Gasteiger partial charge on any atom is -0.232 e. The minimum absolute atomic E-state index is 0.0351. The lowest BCUT2D eigenvalue weighted by molar-refractivity contribution is -0.662. The van der Waals surface area contributed by atoms with E-state index >= 15 is 4.39 Å². The first-order valence-electron chi connectivity index (χ1n) is 11.5. The Morgan fingerprint density at radius 3 is 2.25 bits per heavy atom. The summed E-state index contributed by atoms with van der Waals surface area (Å²) in [6, 6.07) is 16.3. The van der Waals surface area contributed by atoms with E-state index in [1.165, 1.54) is 6.33 Å². The first-order chi connectivity index (χ1) is 17.1. The molecule has 1 heterocycles. The maximum Gasteiger partial charge on any atom is 0.287 e. The monoisotopic (exact) mass is 477 g/mol. The number of fused-ring (bicyclic) bond motifs is 3. The molecule has 6 heteroatoms. The van der Waals surface area contributed by atoms with Crippen molar-refractivity contribution in [1.82, 2.24) is 4.98 Å². The Bertz CT molecular complexity index is 1830. The van der Waals surface area contributed by atoms with Crippen molar-refractivity contribution < 1.29 is 13.3 Å². The third kappa shape index (κ3) is 3.30. The van der Waals surface area contributed by atoms with Crippen molar-refractivity contribution in [2.75, 3.05) is 0 Å². The standard InChI is InChI=1S/C30H23F2N4/c1-16-19-11-17-9-7-8-10-18(17)12-21(19)23(30(2,3)4)13-20(16)29-24-26(32)28(34-5)25(31)22(14-33)27(24)35-15-36(29)6/h7-13,15H,1-4,6H3/q+1. The van der Waals surface area contributed by atoms with E-state index in [0.717, 1.165) is 38.2 Å². The summed E-state index contributed by atoms with van der Waals surface area (Å²) in [6.45, 7) is 15.7. The summed E-state index contributed by atoms with van der Waals surface area (Å²) in [5.74, 6) is -2.19. The number of aryl methyl sites for hydroxylation is 2. The number of halogens is 2. The van der Waals surface area contributed by atoms with Gasteiger partial charge in [0.2, 0.25) is 5.52 Å². The van der Waals surface area contributed by atoms with E-state index in [4.69, 9.17) is 6.57 Å². The summed E-state index contributed by atoms with van der Waals surface area (Å²) in [5, 5.41) is 14.0. The molecule has 0 aliphatic carbocycles. The van der Waals surface area contributed by atoms with Gasteiger partial charge in [-0.15, -0.1) is 0 Å². The van der Waals surface area contributed by atoms with Crippen molar-refractivity contribution >= 4 is 38.1 Å². The second-order valence-corrected chi connectivity index (χ2v) is 10.1. The molecule has 1 aromatic heterocycles.